The van der Waals surface area contributed by atoms with Crippen molar-refractivity contribution < 1.29 is 41.9 Å². The average Bonchev–Trinajstić information content (AvgIpc) is 3.45. The lowest BCUT2D eigenvalue weighted by atomic mass is 9.43. The maximum atomic E-state index is 13.0. The second-order valence-electron chi connectivity index (χ2n) is 17.4. The summed E-state index contributed by atoms with van der Waals surface area (Å²) in [7, 11) is 4.30. The fourth-order valence-electron chi connectivity index (χ4n) is 11.4. The van der Waals surface area contributed by atoms with Gasteiger partial charge in [0.1, 0.15) is 5.69 Å². The lowest BCUT2D eigenvalue weighted by Gasteiger charge is -2.63. The van der Waals surface area contributed by atoms with Crippen molar-refractivity contribution in [3.8, 4) is 0 Å². The van der Waals surface area contributed by atoms with Crippen LogP contribution in [0.1, 0.15) is 101 Å². The van der Waals surface area contributed by atoms with Crippen LogP contribution in [0.4, 0.5) is 5.69 Å². The number of rotatable bonds is 11. The van der Waals surface area contributed by atoms with Crippen molar-refractivity contribution in [3.63, 3.8) is 0 Å². The number of amides is 1. The molecule has 0 radical (unpaired) electrons. The highest BCUT2D eigenvalue weighted by molar-refractivity contribution is 6.09. The van der Waals surface area contributed by atoms with Crippen molar-refractivity contribution in [1.82, 2.24) is 9.80 Å². The van der Waals surface area contributed by atoms with Gasteiger partial charge in [-0.3, -0.25) is 14.1 Å². The van der Waals surface area contributed by atoms with E-state index in [1.165, 1.54) is 0 Å². The molecule has 2 aromatic rings. The lowest BCUT2D eigenvalue weighted by Crippen LogP contribution is -3.00. The number of hydrogen-bond acceptors (Lipinski definition) is 5. The third-order valence-electron chi connectivity index (χ3n) is 14.4. The maximum absolute atomic E-state index is 13.0. The highest BCUT2D eigenvalue weighted by Crippen LogP contribution is 2.68. The first kappa shape index (κ1) is 39.1. The number of carbonyl (C=O) groups excluding carboxylic acids is 2. The smallest absolute Gasteiger partial charge is 0.220 e. The maximum Gasteiger partial charge on any atom is 0.220 e. The topological polar surface area (TPSA) is 107 Å². The Labute approximate surface area is 310 Å². The molecule has 2 aromatic carbocycles. The number of quaternary nitrogens is 1. The number of benzene rings is 2. The molecule has 6 rings (SSSR count). The SMILES string of the molecule is C[C@H](CCC(=O)NCCC[N+](C)(C)c1ccc(C(=O)c2ccccc2)cc1)[C@H]1CC[C@H]2[C@@H]3[C@H](O)C[C@@H]4C[C@H](O)CC[C@]4(C)[C@H]3C[C@H](O)[C@]12C.[Br-]. The Kier molecular flexibility index (Phi) is 12.1. The van der Waals surface area contributed by atoms with Gasteiger partial charge in [-0.25, -0.2) is 0 Å². The van der Waals surface area contributed by atoms with Crippen LogP contribution in [0.2, 0.25) is 0 Å². The number of fused-ring (bicyclic) bond motifs is 5. The molecule has 0 bridgehead atoms. The van der Waals surface area contributed by atoms with Gasteiger partial charge in [-0.05, 0) is 122 Å². The fraction of sp³-hybridized carbons (Fsp3) is 0.667. The zero-order valence-electron chi connectivity index (χ0n) is 30.9. The Bertz CT molecular complexity index is 1470. The van der Waals surface area contributed by atoms with Crippen LogP contribution in [0.5, 0.6) is 0 Å². The molecule has 0 aliphatic heterocycles. The van der Waals surface area contributed by atoms with Crippen LogP contribution in [-0.4, -0.2) is 72.5 Å². The van der Waals surface area contributed by atoms with E-state index >= 15 is 0 Å². The molecule has 8 heteroatoms. The number of nitrogens with zero attached hydrogens (tertiary/aromatic N) is 1. The van der Waals surface area contributed by atoms with Gasteiger partial charge in [-0.15, -0.1) is 0 Å². The van der Waals surface area contributed by atoms with Gasteiger partial charge in [0.05, 0.1) is 39.0 Å². The molecule has 4 fully saturated rings. The molecule has 4 N–H and O–H groups in total. The summed E-state index contributed by atoms with van der Waals surface area (Å²) in [6.45, 7) is 8.41. The molecule has 4 aliphatic rings. The highest BCUT2D eigenvalue weighted by atomic mass is 79.9. The van der Waals surface area contributed by atoms with Crippen LogP contribution in [0, 0.1) is 46.3 Å². The molecule has 0 saturated heterocycles. The predicted octanol–water partition coefficient (Wildman–Crippen LogP) is 3.37. The van der Waals surface area contributed by atoms with Gasteiger partial charge in [0, 0.05) is 30.5 Å². The van der Waals surface area contributed by atoms with E-state index in [-0.39, 0.29) is 57.6 Å². The summed E-state index contributed by atoms with van der Waals surface area (Å²) in [5.41, 5.74) is 2.33. The van der Waals surface area contributed by atoms with Gasteiger partial charge < -0.3 is 37.6 Å². The summed E-state index contributed by atoms with van der Waals surface area (Å²) in [6, 6.07) is 17.2. The van der Waals surface area contributed by atoms with E-state index in [1.54, 1.807) is 0 Å². The number of aliphatic hydroxyl groups is 3. The van der Waals surface area contributed by atoms with Gasteiger partial charge in [-0.2, -0.15) is 0 Å². The van der Waals surface area contributed by atoms with Crippen LogP contribution >= 0.6 is 0 Å². The van der Waals surface area contributed by atoms with Crippen LogP contribution in [0.3, 0.4) is 0 Å². The molecule has 0 spiro atoms. The number of nitrogens with one attached hydrogen (secondary N) is 1. The Morgan fingerprint density at radius 1 is 0.900 bits per heavy atom. The summed E-state index contributed by atoms with van der Waals surface area (Å²) < 4.78 is 0.661. The average molecular weight is 754 g/mol. The highest BCUT2D eigenvalue weighted by Gasteiger charge is 2.65. The quantitative estimate of drug-likeness (QED) is 0.160. The molecule has 0 heterocycles. The van der Waals surface area contributed by atoms with E-state index in [9.17, 15) is 24.9 Å². The third kappa shape index (κ3) is 7.39. The van der Waals surface area contributed by atoms with Gasteiger partial charge in [-0.1, -0.05) is 51.1 Å². The zero-order chi connectivity index (χ0) is 35.1. The van der Waals surface area contributed by atoms with E-state index in [0.29, 0.717) is 58.2 Å². The van der Waals surface area contributed by atoms with Crippen LogP contribution in [0.15, 0.2) is 54.6 Å². The first-order valence-corrected chi connectivity index (χ1v) is 19.1. The second kappa shape index (κ2) is 15.5. The molecule has 7 nitrogen and oxygen atoms in total. The number of halogens is 1. The first-order chi connectivity index (χ1) is 23.3. The number of hydrogen-bond donors (Lipinski definition) is 4. The standard InChI is InChI=1S/C42H60N2O5.BrH/c1-27(33-17-18-34-39-35(26-37(47)42(33,34)3)41(2)21-20-32(45)24-30(41)25-36(39)46)12-19-38(48)43-22-9-23-44(4,5)31-15-13-29(14-16-31)40(49)28-10-7-6-8-11-28;/h6-8,10-11,13-16,27,30,32-37,39,45-47H,9,12,17-26H2,1-5H3;1H/t27-,30+,32-,33-,34+,35+,36-,37+,39+,41+,42-;/m1./s1. The fourth-order valence-corrected chi connectivity index (χ4v) is 11.4. The Morgan fingerprint density at radius 3 is 2.28 bits per heavy atom. The minimum atomic E-state index is -0.404. The third-order valence-corrected chi connectivity index (χ3v) is 14.4. The van der Waals surface area contributed by atoms with E-state index in [0.717, 1.165) is 70.0 Å². The van der Waals surface area contributed by atoms with E-state index < -0.39 is 6.10 Å². The second-order valence-corrected chi connectivity index (χ2v) is 17.4. The number of ketones is 1. The van der Waals surface area contributed by atoms with Crippen LogP contribution in [-0.2, 0) is 4.79 Å². The molecule has 276 valence electrons. The number of carbonyl (C=O) groups is 2. The van der Waals surface area contributed by atoms with Crippen molar-refractivity contribution in [2.45, 2.75) is 103 Å². The summed E-state index contributed by atoms with van der Waals surface area (Å²) in [4.78, 5) is 25.8. The molecule has 11 atom stereocenters. The van der Waals surface area contributed by atoms with Crippen molar-refractivity contribution in [2.24, 2.45) is 46.3 Å². The van der Waals surface area contributed by atoms with E-state index in [2.05, 4.69) is 40.2 Å². The van der Waals surface area contributed by atoms with Gasteiger partial charge in [0.15, 0.2) is 5.78 Å². The summed E-state index contributed by atoms with van der Waals surface area (Å²) in [5, 5.41) is 37.0. The van der Waals surface area contributed by atoms with E-state index in [4.69, 9.17) is 0 Å². The lowest BCUT2D eigenvalue weighted by molar-refractivity contribution is -0.207. The Morgan fingerprint density at radius 2 is 1.58 bits per heavy atom. The molecular weight excluding hydrogens is 692 g/mol. The zero-order valence-corrected chi connectivity index (χ0v) is 32.4. The molecular formula is C42H61BrN2O5. The molecule has 0 aromatic heterocycles. The normalized spacial score (nSPS) is 35.5. The van der Waals surface area contributed by atoms with E-state index in [1.807, 2.05) is 54.6 Å². The molecule has 0 unspecified atom stereocenters. The molecule has 4 aliphatic carbocycles. The van der Waals surface area contributed by atoms with Crippen molar-refractivity contribution in [3.05, 3.63) is 65.7 Å². The van der Waals surface area contributed by atoms with Gasteiger partial charge in [0.25, 0.3) is 0 Å². The van der Waals surface area contributed by atoms with Crippen LogP contribution in [0.25, 0.3) is 0 Å². The number of aliphatic hydroxyl groups excluding tert-OH is 3. The Balaban J connectivity index is 0.00000486. The van der Waals surface area contributed by atoms with Crippen molar-refractivity contribution >= 4 is 17.4 Å². The Hall–Kier alpha value is -2.10. The summed E-state index contributed by atoms with van der Waals surface area (Å²) in [6.07, 6.45) is 7.30. The summed E-state index contributed by atoms with van der Waals surface area (Å²) >= 11 is 0. The predicted molar refractivity (Wildman–Crippen MR) is 195 cm³/mol. The largest absolute Gasteiger partial charge is 1.00 e. The van der Waals surface area contributed by atoms with Crippen molar-refractivity contribution in [2.75, 3.05) is 27.2 Å². The minimum Gasteiger partial charge on any atom is -1.00 e. The van der Waals surface area contributed by atoms with Gasteiger partial charge in [0.2, 0.25) is 5.91 Å². The molecule has 4 saturated carbocycles. The van der Waals surface area contributed by atoms with Gasteiger partial charge >= 0.3 is 0 Å². The van der Waals surface area contributed by atoms with Crippen molar-refractivity contribution in [1.29, 1.82) is 0 Å². The van der Waals surface area contributed by atoms with Crippen LogP contribution < -0.4 is 26.8 Å². The summed E-state index contributed by atoms with van der Waals surface area (Å²) in [5.74, 6) is 1.89. The first-order valence-electron chi connectivity index (χ1n) is 19.1. The molecule has 1 amide bonds. The molecule has 50 heavy (non-hydrogen) atoms. The monoisotopic (exact) mass is 752 g/mol. The minimum absolute atomic E-state index is 0.